The molecule has 0 N–H and O–H groups in total. The number of non-ortho nitro benzene ring substituents is 1. The number of rotatable bonds is 7. The van der Waals surface area contributed by atoms with Crippen molar-refractivity contribution in [2.24, 2.45) is 5.10 Å². The summed E-state index contributed by atoms with van der Waals surface area (Å²) in [6.07, 6.45) is 0.318. The summed E-state index contributed by atoms with van der Waals surface area (Å²) < 4.78 is 0.908. The van der Waals surface area contributed by atoms with Crippen LogP contribution in [0.2, 0.25) is 0 Å². The van der Waals surface area contributed by atoms with Gasteiger partial charge in [0.05, 0.1) is 16.7 Å². The van der Waals surface area contributed by atoms with Gasteiger partial charge in [0.2, 0.25) is 5.91 Å². The number of carbonyl (C=O) groups excluding carboxylic acids is 2. The van der Waals surface area contributed by atoms with Gasteiger partial charge in [-0.1, -0.05) is 40.2 Å². The third kappa shape index (κ3) is 5.05. The van der Waals surface area contributed by atoms with Crippen LogP contribution in [0.25, 0.3) is 0 Å². The van der Waals surface area contributed by atoms with Crippen molar-refractivity contribution in [3.05, 3.63) is 74.2 Å². The van der Waals surface area contributed by atoms with Crippen LogP contribution in [0.4, 0.5) is 5.69 Å². The summed E-state index contributed by atoms with van der Waals surface area (Å²) in [6, 6.07) is 13.1. The third-order valence-electron chi connectivity index (χ3n) is 4.58. The number of carbonyl (C=O) groups is 2. The minimum atomic E-state index is -1.21. The lowest BCUT2D eigenvalue weighted by atomic mass is 9.98. The first kappa shape index (κ1) is 20.7. The zero-order valence-corrected chi connectivity index (χ0v) is 16.9. The first-order valence-electron chi connectivity index (χ1n) is 8.95. The summed E-state index contributed by atoms with van der Waals surface area (Å²) in [6.45, 7) is 0. The number of hydrogen-bond acceptors (Lipinski definition) is 6. The highest BCUT2D eigenvalue weighted by atomic mass is 79.9. The zero-order chi connectivity index (χ0) is 21.0. The average molecular weight is 459 g/mol. The van der Waals surface area contributed by atoms with Crippen LogP contribution in [0.3, 0.4) is 0 Å². The molecule has 1 aliphatic heterocycles. The molecule has 0 fully saturated rings. The number of aliphatic carboxylic acids is 1. The van der Waals surface area contributed by atoms with Crippen molar-refractivity contribution in [3.8, 4) is 0 Å². The van der Waals surface area contributed by atoms with E-state index in [-0.39, 0.29) is 30.9 Å². The molecule has 2 aromatic rings. The molecule has 0 spiro atoms. The van der Waals surface area contributed by atoms with Crippen molar-refractivity contribution in [2.45, 2.75) is 31.7 Å². The first-order chi connectivity index (χ1) is 13.8. The monoisotopic (exact) mass is 458 g/mol. The van der Waals surface area contributed by atoms with Gasteiger partial charge in [0, 0.05) is 35.4 Å². The van der Waals surface area contributed by atoms with Crippen LogP contribution in [-0.4, -0.2) is 27.5 Å². The van der Waals surface area contributed by atoms with Crippen LogP contribution in [0.15, 0.2) is 58.1 Å². The Morgan fingerprint density at radius 2 is 1.90 bits per heavy atom. The van der Waals surface area contributed by atoms with Crippen LogP contribution in [0.5, 0.6) is 0 Å². The van der Waals surface area contributed by atoms with E-state index in [1.165, 1.54) is 17.1 Å². The van der Waals surface area contributed by atoms with Gasteiger partial charge in [-0.05, 0) is 36.1 Å². The van der Waals surface area contributed by atoms with Gasteiger partial charge >= 0.3 is 0 Å². The van der Waals surface area contributed by atoms with Crippen molar-refractivity contribution < 1.29 is 19.6 Å². The molecule has 0 saturated heterocycles. The van der Waals surface area contributed by atoms with Gasteiger partial charge in [0.1, 0.15) is 0 Å². The SMILES string of the molecule is O=C([O-])CCCC(=O)N1N=C(c2ccc(Br)cc2)C[C@H]1c1cccc([N+](=O)[O-])c1. The maximum atomic E-state index is 12.7. The second kappa shape index (κ2) is 8.95. The minimum absolute atomic E-state index is 0.00345. The molecule has 1 amide bonds. The van der Waals surface area contributed by atoms with Crippen molar-refractivity contribution in [3.63, 3.8) is 0 Å². The standard InChI is InChI=1S/C20H18BrN3O5/c21-15-9-7-13(8-10-15)17-12-18(14-3-1-4-16(11-14)24(28)29)23(22-17)19(25)5-2-6-20(26)27/h1,3-4,7-11,18H,2,5-6,12H2,(H,26,27)/p-1/t18-/m0/s1. The first-order valence-corrected chi connectivity index (χ1v) is 9.74. The van der Waals surface area contributed by atoms with Crippen LogP contribution in [-0.2, 0) is 9.59 Å². The van der Waals surface area contributed by atoms with E-state index >= 15 is 0 Å². The molecule has 1 aliphatic rings. The highest BCUT2D eigenvalue weighted by molar-refractivity contribution is 9.10. The number of nitrogens with zero attached hydrogens (tertiary/aromatic N) is 3. The molecule has 1 atom stereocenters. The van der Waals surface area contributed by atoms with E-state index in [2.05, 4.69) is 21.0 Å². The van der Waals surface area contributed by atoms with Crippen LogP contribution < -0.4 is 5.11 Å². The van der Waals surface area contributed by atoms with E-state index in [4.69, 9.17) is 0 Å². The number of nitro groups is 1. The lowest BCUT2D eigenvalue weighted by molar-refractivity contribution is -0.385. The van der Waals surface area contributed by atoms with Crippen molar-refractivity contribution >= 4 is 39.2 Å². The van der Waals surface area contributed by atoms with E-state index in [0.717, 1.165) is 10.0 Å². The van der Waals surface area contributed by atoms with Gasteiger partial charge in [-0.3, -0.25) is 14.9 Å². The number of amides is 1. The Hall–Kier alpha value is -3.07. The molecule has 0 bridgehead atoms. The number of hydrazone groups is 1. The largest absolute Gasteiger partial charge is 0.550 e. The van der Waals surface area contributed by atoms with E-state index in [1.807, 2.05) is 24.3 Å². The molecule has 9 heteroatoms. The second-order valence-electron chi connectivity index (χ2n) is 6.59. The fourth-order valence-electron chi connectivity index (χ4n) is 3.16. The van der Waals surface area contributed by atoms with Gasteiger partial charge in [-0.15, -0.1) is 0 Å². The summed E-state index contributed by atoms with van der Waals surface area (Å²) in [4.78, 5) is 34.0. The number of carboxylic acid groups (broad SMARTS) is 1. The Balaban J connectivity index is 1.90. The molecule has 29 heavy (non-hydrogen) atoms. The van der Waals surface area contributed by atoms with Gasteiger partial charge in [-0.25, -0.2) is 5.01 Å². The molecule has 0 saturated carbocycles. The van der Waals surface area contributed by atoms with Gasteiger partial charge < -0.3 is 9.90 Å². The molecule has 1 heterocycles. The lowest BCUT2D eigenvalue weighted by Crippen LogP contribution is -2.28. The smallest absolute Gasteiger partial charge is 0.269 e. The predicted octanol–water partition coefficient (Wildman–Crippen LogP) is 2.96. The molecule has 3 rings (SSSR count). The molecule has 0 aromatic heterocycles. The highest BCUT2D eigenvalue weighted by Gasteiger charge is 2.33. The molecular formula is C20H17BrN3O5-. The van der Waals surface area contributed by atoms with Crippen molar-refractivity contribution in [1.82, 2.24) is 5.01 Å². The topological polar surface area (TPSA) is 116 Å². The highest BCUT2D eigenvalue weighted by Crippen LogP contribution is 2.35. The Labute approximate surface area is 175 Å². The van der Waals surface area contributed by atoms with Crippen LogP contribution >= 0.6 is 15.9 Å². The van der Waals surface area contributed by atoms with Gasteiger partial charge in [0.25, 0.3) is 5.69 Å². The normalized spacial score (nSPS) is 15.8. The molecule has 150 valence electrons. The number of nitro benzene ring substituents is 1. The quantitative estimate of drug-likeness (QED) is 0.466. The van der Waals surface area contributed by atoms with Crippen molar-refractivity contribution in [2.75, 3.05) is 0 Å². The molecule has 0 unspecified atom stereocenters. The fraction of sp³-hybridized carbons (Fsp3) is 0.250. The summed E-state index contributed by atoms with van der Waals surface area (Å²) >= 11 is 3.38. The predicted molar refractivity (Wildman–Crippen MR) is 107 cm³/mol. The fourth-order valence-corrected chi connectivity index (χ4v) is 3.43. The number of hydrogen-bond donors (Lipinski definition) is 0. The van der Waals surface area contributed by atoms with E-state index in [0.29, 0.717) is 17.7 Å². The zero-order valence-electron chi connectivity index (χ0n) is 15.3. The van der Waals surface area contributed by atoms with Crippen molar-refractivity contribution in [1.29, 1.82) is 0 Å². The van der Waals surface area contributed by atoms with Crippen LogP contribution in [0, 0.1) is 10.1 Å². The average Bonchev–Trinajstić information content (AvgIpc) is 3.14. The van der Waals surface area contributed by atoms with E-state index < -0.39 is 16.9 Å². The van der Waals surface area contributed by atoms with E-state index in [1.54, 1.807) is 12.1 Å². The van der Waals surface area contributed by atoms with Crippen LogP contribution in [0.1, 0.15) is 42.9 Å². The molecule has 0 aliphatic carbocycles. The third-order valence-corrected chi connectivity index (χ3v) is 5.11. The number of halogens is 1. The Morgan fingerprint density at radius 3 is 2.55 bits per heavy atom. The molecule has 2 aromatic carbocycles. The maximum Gasteiger partial charge on any atom is 0.269 e. The maximum absolute atomic E-state index is 12.7. The summed E-state index contributed by atoms with van der Waals surface area (Å²) in [5.41, 5.74) is 2.06. The molecule has 8 nitrogen and oxygen atoms in total. The Bertz CT molecular complexity index is 974. The minimum Gasteiger partial charge on any atom is -0.550 e. The number of carboxylic acids is 1. The molecular weight excluding hydrogens is 442 g/mol. The van der Waals surface area contributed by atoms with Gasteiger partial charge in [0.15, 0.2) is 0 Å². The second-order valence-corrected chi connectivity index (χ2v) is 7.51. The number of benzene rings is 2. The summed E-state index contributed by atoms with van der Waals surface area (Å²) in [7, 11) is 0. The summed E-state index contributed by atoms with van der Waals surface area (Å²) in [5.74, 6) is -1.55. The lowest BCUT2D eigenvalue weighted by Gasteiger charge is -2.22. The Kier molecular flexibility index (Phi) is 6.38. The van der Waals surface area contributed by atoms with E-state index in [9.17, 15) is 24.8 Å². The van der Waals surface area contributed by atoms with Gasteiger partial charge in [-0.2, -0.15) is 5.10 Å². The molecule has 0 radical (unpaired) electrons. The Morgan fingerprint density at radius 1 is 1.17 bits per heavy atom. The summed E-state index contributed by atoms with van der Waals surface area (Å²) in [5, 5.41) is 27.5.